The number of carbonyl (C=O) groups excluding carboxylic acids is 1. The van der Waals surface area contributed by atoms with Gasteiger partial charge in [0, 0.05) is 25.6 Å². The van der Waals surface area contributed by atoms with Crippen LogP contribution in [0, 0.1) is 0 Å². The van der Waals surface area contributed by atoms with Gasteiger partial charge in [0.05, 0.1) is 5.69 Å². The van der Waals surface area contributed by atoms with E-state index in [1.807, 2.05) is 4.90 Å². The smallest absolute Gasteiger partial charge is 0.387 e. The summed E-state index contributed by atoms with van der Waals surface area (Å²) in [4.78, 5) is 14.0. The molecule has 156 valence electrons. The molecule has 1 aromatic carbocycles. The van der Waals surface area contributed by atoms with Crippen LogP contribution in [-0.4, -0.2) is 38.2 Å². The molecule has 5 nitrogen and oxygen atoms in total. The Morgan fingerprint density at radius 3 is 2.63 bits per heavy atom. The van der Waals surface area contributed by atoms with Gasteiger partial charge in [-0.2, -0.15) is 8.78 Å². The van der Waals surface area contributed by atoms with Crippen molar-refractivity contribution in [1.82, 2.24) is 5.32 Å². The van der Waals surface area contributed by atoms with Crippen molar-refractivity contribution in [3.63, 3.8) is 0 Å². The molecular formula is C18H29Cl2F2N3O2. The minimum absolute atomic E-state index is 0. The van der Waals surface area contributed by atoms with Gasteiger partial charge in [0.15, 0.2) is 0 Å². The molecule has 0 aromatic heterocycles. The lowest BCUT2D eigenvalue weighted by atomic mass is 10.1. The number of benzene rings is 1. The van der Waals surface area contributed by atoms with E-state index in [0.29, 0.717) is 31.7 Å². The van der Waals surface area contributed by atoms with Gasteiger partial charge in [-0.25, -0.2) is 0 Å². The molecular weight excluding hydrogens is 399 g/mol. The molecule has 0 radical (unpaired) electrons. The minimum atomic E-state index is -2.85. The number of unbranched alkanes of at least 4 members (excludes halogenated alkanes) is 3. The summed E-state index contributed by atoms with van der Waals surface area (Å²) >= 11 is 0. The van der Waals surface area contributed by atoms with Crippen molar-refractivity contribution in [2.75, 3.05) is 24.5 Å². The average molecular weight is 428 g/mol. The molecule has 2 rings (SSSR count). The molecule has 0 aliphatic carbocycles. The highest BCUT2D eigenvalue weighted by molar-refractivity contribution is 5.85. The fourth-order valence-electron chi connectivity index (χ4n) is 3.09. The van der Waals surface area contributed by atoms with E-state index < -0.39 is 6.61 Å². The molecule has 3 N–H and O–H groups in total. The largest absolute Gasteiger partial charge is 0.433 e. The first kappa shape index (κ1) is 25.7. The van der Waals surface area contributed by atoms with E-state index in [1.165, 1.54) is 6.07 Å². The molecule has 1 aromatic rings. The van der Waals surface area contributed by atoms with Crippen LogP contribution in [-0.2, 0) is 4.79 Å². The van der Waals surface area contributed by atoms with E-state index >= 15 is 0 Å². The molecule has 0 saturated carbocycles. The number of hydrogen-bond acceptors (Lipinski definition) is 4. The molecule has 1 unspecified atom stereocenters. The molecule has 1 atom stereocenters. The summed E-state index contributed by atoms with van der Waals surface area (Å²) in [6, 6.07) is 6.80. The highest BCUT2D eigenvalue weighted by Crippen LogP contribution is 2.31. The lowest BCUT2D eigenvalue weighted by molar-refractivity contribution is -0.121. The Bertz CT molecular complexity index is 553. The fraction of sp³-hybridized carbons (Fsp3) is 0.611. The zero-order valence-electron chi connectivity index (χ0n) is 15.2. The monoisotopic (exact) mass is 427 g/mol. The van der Waals surface area contributed by atoms with Gasteiger partial charge in [0.1, 0.15) is 5.75 Å². The highest BCUT2D eigenvalue weighted by Gasteiger charge is 2.26. The van der Waals surface area contributed by atoms with Crippen molar-refractivity contribution in [3.05, 3.63) is 24.3 Å². The topological polar surface area (TPSA) is 67.6 Å². The summed E-state index contributed by atoms with van der Waals surface area (Å²) in [5.41, 5.74) is 6.08. The predicted octanol–water partition coefficient (Wildman–Crippen LogP) is 3.74. The van der Waals surface area contributed by atoms with Gasteiger partial charge < -0.3 is 20.7 Å². The van der Waals surface area contributed by atoms with Crippen LogP contribution in [0.4, 0.5) is 14.5 Å². The van der Waals surface area contributed by atoms with Gasteiger partial charge in [-0.15, -0.1) is 24.8 Å². The van der Waals surface area contributed by atoms with Crippen molar-refractivity contribution >= 4 is 36.4 Å². The lowest BCUT2D eigenvalue weighted by Crippen LogP contribution is -2.37. The Kier molecular flexibility index (Phi) is 13.1. The molecule has 27 heavy (non-hydrogen) atoms. The third kappa shape index (κ3) is 8.95. The minimum Gasteiger partial charge on any atom is -0.433 e. The third-order valence-electron chi connectivity index (χ3n) is 4.33. The molecule has 9 heteroatoms. The SMILES string of the molecule is Cl.Cl.NCCCCCCC(=O)NC1CCN(c2ccccc2OC(F)F)C1. The van der Waals surface area contributed by atoms with Crippen LogP contribution in [0.2, 0.25) is 0 Å². The summed E-state index contributed by atoms with van der Waals surface area (Å²) in [7, 11) is 0. The molecule has 1 saturated heterocycles. The van der Waals surface area contributed by atoms with Crippen molar-refractivity contribution in [2.24, 2.45) is 5.73 Å². The van der Waals surface area contributed by atoms with Gasteiger partial charge >= 0.3 is 6.61 Å². The van der Waals surface area contributed by atoms with Crippen LogP contribution in [0.1, 0.15) is 38.5 Å². The van der Waals surface area contributed by atoms with Crippen molar-refractivity contribution in [1.29, 1.82) is 0 Å². The first-order valence-electron chi connectivity index (χ1n) is 8.88. The third-order valence-corrected chi connectivity index (χ3v) is 4.33. The molecule has 1 aliphatic rings. The number of nitrogens with one attached hydrogen (secondary N) is 1. The van der Waals surface area contributed by atoms with Crippen LogP contribution >= 0.6 is 24.8 Å². The van der Waals surface area contributed by atoms with Gasteiger partial charge in [-0.1, -0.05) is 25.0 Å². The van der Waals surface area contributed by atoms with Crippen molar-refractivity contribution in [2.45, 2.75) is 51.2 Å². The van der Waals surface area contributed by atoms with E-state index in [9.17, 15) is 13.6 Å². The Labute approximate surface area is 171 Å². The normalized spacial score (nSPS) is 15.9. The van der Waals surface area contributed by atoms with Crippen LogP contribution in [0.3, 0.4) is 0 Å². The summed E-state index contributed by atoms with van der Waals surface area (Å²) in [5, 5.41) is 3.04. The molecule has 0 bridgehead atoms. The van der Waals surface area contributed by atoms with Crippen LogP contribution < -0.4 is 20.7 Å². The number of halogens is 4. The van der Waals surface area contributed by atoms with E-state index in [4.69, 9.17) is 5.73 Å². The number of ether oxygens (including phenoxy) is 1. The van der Waals surface area contributed by atoms with Gasteiger partial charge in [0.25, 0.3) is 0 Å². The van der Waals surface area contributed by atoms with E-state index in [2.05, 4.69) is 10.1 Å². The second-order valence-electron chi connectivity index (χ2n) is 6.30. The number of rotatable bonds is 10. The van der Waals surface area contributed by atoms with Crippen molar-refractivity contribution < 1.29 is 18.3 Å². The lowest BCUT2D eigenvalue weighted by Gasteiger charge is -2.22. The number of carbonyl (C=O) groups is 1. The summed E-state index contributed by atoms with van der Waals surface area (Å²) < 4.78 is 29.6. The molecule has 1 heterocycles. The van der Waals surface area contributed by atoms with Gasteiger partial charge in [-0.3, -0.25) is 4.79 Å². The Morgan fingerprint density at radius 1 is 1.22 bits per heavy atom. The van der Waals surface area contributed by atoms with Crippen LogP contribution in [0.15, 0.2) is 24.3 Å². The summed E-state index contributed by atoms with van der Waals surface area (Å²) in [6.45, 7) is -0.854. The first-order chi connectivity index (χ1) is 12.1. The number of alkyl halides is 2. The highest BCUT2D eigenvalue weighted by atomic mass is 35.5. The first-order valence-corrected chi connectivity index (χ1v) is 8.88. The summed E-state index contributed by atoms with van der Waals surface area (Å²) in [6.07, 6.45) is 5.25. The van der Waals surface area contributed by atoms with E-state index in [1.54, 1.807) is 18.2 Å². The van der Waals surface area contributed by atoms with E-state index in [-0.39, 0.29) is 42.5 Å². The number of anilines is 1. The predicted molar refractivity (Wildman–Crippen MR) is 108 cm³/mol. The number of para-hydroxylation sites is 2. The van der Waals surface area contributed by atoms with Crippen LogP contribution in [0.5, 0.6) is 5.75 Å². The molecule has 0 spiro atoms. The van der Waals surface area contributed by atoms with Gasteiger partial charge in [-0.05, 0) is 37.9 Å². The van der Waals surface area contributed by atoms with Crippen molar-refractivity contribution in [3.8, 4) is 5.75 Å². The Balaban J connectivity index is 0.00000338. The van der Waals surface area contributed by atoms with Gasteiger partial charge in [0.2, 0.25) is 5.91 Å². The fourth-order valence-corrected chi connectivity index (χ4v) is 3.09. The quantitative estimate of drug-likeness (QED) is 0.558. The van der Waals surface area contributed by atoms with E-state index in [0.717, 1.165) is 32.1 Å². The number of hydrogen-bond donors (Lipinski definition) is 2. The van der Waals surface area contributed by atoms with Crippen LogP contribution in [0.25, 0.3) is 0 Å². The number of nitrogens with two attached hydrogens (primary N) is 1. The Morgan fingerprint density at radius 2 is 1.93 bits per heavy atom. The maximum Gasteiger partial charge on any atom is 0.387 e. The zero-order valence-corrected chi connectivity index (χ0v) is 16.9. The Hall–Kier alpha value is -1.31. The number of amides is 1. The standard InChI is InChI=1S/C18H27F2N3O2.2ClH/c19-18(20)25-16-8-5-4-7-15(16)23-12-10-14(13-23)22-17(24)9-3-1-2-6-11-21;;/h4-5,7-8,14,18H,1-3,6,9-13,21H2,(H,22,24);2*1H. The number of nitrogens with zero attached hydrogens (tertiary/aromatic N) is 1. The second kappa shape index (κ2) is 13.8. The maximum atomic E-state index is 12.5. The zero-order chi connectivity index (χ0) is 18.1. The molecule has 1 amide bonds. The maximum absolute atomic E-state index is 12.5. The second-order valence-corrected chi connectivity index (χ2v) is 6.30. The average Bonchev–Trinajstić information content (AvgIpc) is 3.03. The summed E-state index contributed by atoms with van der Waals surface area (Å²) in [5.74, 6) is 0.223. The molecule has 1 aliphatic heterocycles. The molecule has 1 fully saturated rings.